The van der Waals surface area contributed by atoms with Crippen LogP contribution in [-0.4, -0.2) is 46.5 Å². The van der Waals surface area contributed by atoms with Gasteiger partial charge in [-0.2, -0.15) is 11.8 Å². The third-order valence-corrected chi connectivity index (χ3v) is 5.94. The second-order valence-electron chi connectivity index (χ2n) is 5.63. The van der Waals surface area contributed by atoms with Crippen LogP contribution in [-0.2, 0) is 6.54 Å². The Morgan fingerprint density at radius 3 is 3.00 bits per heavy atom. The third kappa shape index (κ3) is 4.88. The molecule has 2 rings (SSSR count). The molecule has 1 aliphatic heterocycles. The van der Waals surface area contributed by atoms with Crippen molar-refractivity contribution in [2.24, 2.45) is 10.9 Å². The van der Waals surface area contributed by atoms with Crippen LogP contribution in [0.3, 0.4) is 0 Å². The van der Waals surface area contributed by atoms with E-state index >= 15 is 0 Å². The van der Waals surface area contributed by atoms with Gasteiger partial charge in [-0.05, 0) is 19.8 Å². The first kappa shape index (κ1) is 16.6. The molecular formula is C15H26N4S2. The Morgan fingerprint density at radius 1 is 1.57 bits per heavy atom. The number of hydrogen-bond donors (Lipinski definition) is 1. The highest BCUT2D eigenvalue weighted by Gasteiger charge is 2.24. The number of thiazole rings is 1. The van der Waals surface area contributed by atoms with Crippen molar-refractivity contribution in [3.63, 3.8) is 0 Å². The zero-order valence-corrected chi connectivity index (χ0v) is 15.1. The van der Waals surface area contributed by atoms with Crippen LogP contribution in [0.25, 0.3) is 0 Å². The van der Waals surface area contributed by atoms with Gasteiger partial charge in [0.15, 0.2) is 5.96 Å². The number of hydrogen-bond acceptors (Lipinski definition) is 4. The second-order valence-corrected chi connectivity index (χ2v) is 8.30. The van der Waals surface area contributed by atoms with Crippen LogP contribution in [0.1, 0.15) is 30.7 Å². The molecule has 1 fully saturated rings. The lowest BCUT2D eigenvalue weighted by Gasteiger charge is -2.36. The summed E-state index contributed by atoms with van der Waals surface area (Å²) in [6.45, 7) is 12.6. The Labute approximate surface area is 136 Å². The standard InChI is InChI=1S/C15H26N4S2/c1-5-16-15(18-9-14-17-8-12(4)21-14)19-6-7-20-13(10-19)11(2)3/h8,11,13H,5-7,9-10H2,1-4H3,(H,16,18). The molecule has 1 unspecified atom stereocenters. The van der Waals surface area contributed by atoms with E-state index in [0.717, 1.165) is 30.6 Å². The van der Waals surface area contributed by atoms with Crippen LogP contribution in [0.4, 0.5) is 0 Å². The molecule has 0 amide bonds. The predicted octanol–water partition coefficient (Wildman–Crippen LogP) is 2.99. The largest absolute Gasteiger partial charge is 0.357 e. The van der Waals surface area contributed by atoms with Gasteiger partial charge in [0, 0.05) is 41.7 Å². The fourth-order valence-corrected chi connectivity index (χ4v) is 4.32. The molecule has 0 saturated carbocycles. The number of thioether (sulfide) groups is 1. The van der Waals surface area contributed by atoms with E-state index in [2.05, 4.69) is 54.7 Å². The Kier molecular flexibility index (Phi) is 6.36. The Bertz CT molecular complexity index is 470. The van der Waals surface area contributed by atoms with E-state index in [0.29, 0.717) is 17.7 Å². The summed E-state index contributed by atoms with van der Waals surface area (Å²) in [4.78, 5) is 12.8. The molecule has 1 aromatic rings. The van der Waals surface area contributed by atoms with Crippen molar-refractivity contribution < 1.29 is 0 Å². The summed E-state index contributed by atoms with van der Waals surface area (Å²) in [5, 5.41) is 5.22. The Hall–Kier alpha value is -0.750. The smallest absolute Gasteiger partial charge is 0.194 e. The van der Waals surface area contributed by atoms with Crippen molar-refractivity contribution in [3.05, 3.63) is 16.1 Å². The van der Waals surface area contributed by atoms with Crippen molar-refractivity contribution in [2.75, 3.05) is 25.4 Å². The zero-order chi connectivity index (χ0) is 15.2. The maximum atomic E-state index is 4.78. The average Bonchev–Trinajstić information content (AvgIpc) is 2.89. The number of aromatic nitrogens is 1. The van der Waals surface area contributed by atoms with E-state index in [-0.39, 0.29) is 0 Å². The van der Waals surface area contributed by atoms with Gasteiger partial charge in [0.25, 0.3) is 0 Å². The van der Waals surface area contributed by atoms with Gasteiger partial charge in [-0.3, -0.25) is 0 Å². The fraction of sp³-hybridized carbons (Fsp3) is 0.733. The highest BCUT2D eigenvalue weighted by atomic mass is 32.2. The topological polar surface area (TPSA) is 40.5 Å². The summed E-state index contributed by atoms with van der Waals surface area (Å²) in [7, 11) is 0. The van der Waals surface area contributed by atoms with Crippen molar-refractivity contribution in [1.82, 2.24) is 15.2 Å². The maximum Gasteiger partial charge on any atom is 0.194 e. The van der Waals surface area contributed by atoms with Crippen molar-refractivity contribution >= 4 is 29.1 Å². The molecular weight excluding hydrogens is 300 g/mol. The van der Waals surface area contributed by atoms with Gasteiger partial charge in [-0.25, -0.2) is 9.98 Å². The van der Waals surface area contributed by atoms with E-state index in [1.807, 2.05) is 6.20 Å². The quantitative estimate of drug-likeness (QED) is 0.682. The molecule has 1 N–H and O–H groups in total. The first-order valence-corrected chi connectivity index (χ1v) is 9.52. The van der Waals surface area contributed by atoms with Gasteiger partial charge in [-0.1, -0.05) is 13.8 Å². The molecule has 118 valence electrons. The van der Waals surface area contributed by atoms with Gasteiger partial charge >= 0.3 is 0 Å². The summed E-state index contributed by atoms with van der Waals surface area (Å²) in [5.74, 6) is 2.93. The van der Waals surface area contributed by atoms with E-state index in [4.69, 9.17) is 4.99 Å². The van der Waals surface area contributed by atoms with Crippen molar-refractivity contribution in [3.8, 4) is 0 Å². The zero-order valence-electron chi connectivity index (χ0n) is 13.4. The number of nitrogens with one attached hydrogen (secondary N) is 1. The van der Waals surface area contributed by atoms with Crippen LogP contribution in [0, 0.1) is 12.8 Å². The van der Waals surface area contributed by atoms with E-state index in [9.17, 15) is 0 Å². The molecule has 0 radical (unpaired) electrons. The molecule has 1 aromatic heterocycles. The SMILES string of the molecule is CCNC(=NCc1ncc(C)s1)N1CCSC(C(C)C)C1. The number of aliphatic imine (C=N–C) groups is 1. The molecule has 0 bridgehead atoms. The molecule has 1 aliphatic rings. The second kappa shape index (κ2) is 8.03. The van der Waals surface area contributed by atoms with Gasteiger partial charge in [-0.15, -0.1) is 11.3 Å². The fourth-order valence-electron chi connectivity index (χ4n) is 2.31. The maximum absolute atomic E-state index is 4.78. The molecule has 6 heteroatoms. The minimum atomic E-state index is 0.677. The summed E-state index contributed by atoms with van der Waals surface area (Å²) in [5.41, 5.74) is 0. The molecule has 2 heterocycles. The third-order valence-electron chi connectivity index (χ3n) is 3.50. The summed E-state index contributed by atoms with van der Waals surface area (Å²) < 4.78 is 0. The van der Waals surface area contributed by atoms with E-state index < -0.39 is 0 Å². The number of aryl methyl sites for hydroxylation is 1. The van der Waals surface area contributed by atoms with Gasteiger partial charge < -0.3 is 10.2 Å². The van der Waals surface area contributed by atoms with Gasteiger partial charge in [0.2, 0.25) is 0 Å². The van der Waals surface area contributed by atoms with Crippen molar-refractivity contribution in [2.45, 2.75) is 39.5 Å². The van der Waals surface area contributed by atoms with E-state index in [1.165, 1.54) is 10.6 Å². The summed E-state index contributed by atoms with van der Waals surface area (Å²) >= 11 is 3.82. The van der Waals surface area contributed by atoms with Gasteiger partial charge in [0.1, 0.15) is 5.01 Å². The lowest BCUT2D eigenvalue weighted by Crippen LogP contribution is -2.49. The summed E-state index contributed by atoms with van der Waals surface area (Å²) in [6, 6.07) is 0. The lowest BCUT2D eigenvalue weighted by molar-refractivity contribution is 0.381. The van der Waals surface area contributed by atoms with Crippen molar-refractivity contribution in [1.29, 1.82) is 0 Å². The van der Waals surface area contributed by atoms with E-state index in [1.54, 1.807) is 11.3 Å². The normalized spacial score (nSPS) is 20.1. The Balaban J connectivity index is 2.03. The molecule has 1 atom stereocenters. The first-order valence-electron chi connectivity index (χ1n) is 7.66. The highest BCUT2D eigenvalue weighted by molar-refractivity contribution is 8.00. The number of guanidine groups is 1. The molecule has 0 aliphatic carbocycles. The number of nitrogens with zero attached hydrogens (tertiary/aromatic N) is 3. The van der Waals surface area contributed by atoms with Crippen LogP contribution in [0.15, 0.2) is 11.2 Å². The van der Waals surface area contributed by atoms with Crippen LogP contribution < -0.4 is 5.32 Å². The van der Waals surface area contributed by atoms with Gasteiger partial charge in [0.05, 0.1) is 6.54 Å². The van der Waals surface area contributed by atoms with Crippen LogP contribution >= 0.6 is 23.1 Å². The van der Waals surface area contributed by atoms with Crippen LogP contribution in [0.5, 0.6) is 0 Å². The number of rotatable bonds is 4. The first-order chi connectivity index (χ1) is 10.1. The molecule has 0 spiro atoms. The molecule has 0 aromatic carbocycles. The predicted molar refractivity (Wildman–Crippen MR) is 94.3 cm³/mol. The monoisotopic (exact) mass is 326 g/mol. The minimum absolute atomic E-state index is 0.677. The molecule has 4 nitrogen and oxygen atoms in total. The average molecular weight is 327 g/mol. The minimum Gasteiger partial charge on any atom is -0.357 e. The highest BCUT2D eigenvalue weighted by Crippen LogP contribution is 2.25. The Morgan fingerprint density at radius 2 is 2.38 bits per heavy atom. The molecule has 21 heavy (non-hydrogen) atoms. The summed E-state index contributed by atoms with van der Waals surface area (Å²) in [6.07, 6.45) is 1.93. The lowest BCUT2D eigenvalue weighted by atomic mass is 10.1. The molecule has 1 saturated heterocycles. The van der Waals surface area contributed by atoms with Crippen LogP contribution in [0.2, 0.25) is 0 Å².